The number of hydrogen-bond donors (Lipinski definition) is 2. The van der Waals surface area contributed by atoms with Gasteiger partial charge in [0.05, 0.1) is 21.8 Å². The van der Waals surface area contributed by atoms with Crippen LogP contribution < -0.4 is 5.32 Å². The lowest BCUT2D eigenvalue weighted by molar-refractivity contribution is -0.122. The lowest BCUT2D eigenvalue weighted by Gasteiger charge is -2.15. The van der Waals surface area contributed by atoms with Crippen molar-refractivity contribution in [2.75, 3.05) is 11.9 Å². The lowest BCUT2D eigenvalue weighted by Crippen LogP contribution is -2.31. The van der Waals surface area contributed by atoms with E-state index in [1.807, 2.05) is 0 Å². The third kappa shape index (κ3) is 5.83. The van der Waals surface area contributed by atoms with Crippen LogP contribution in [0.4, 0.5) is 14.5 Å². The van der Waals surface area contributed by atoms with Crippen molar-refractivity contribution in [1.29, 1.82) is 0 Å². The molecule has 2 aromatic heterocycles. The summed E-state index contributed by atoms with van der Waals surface area (Å²) in [6.07, 6.45) is 4.27. The molecule has 1 aliphatic rings. The molecular weight excluding hydrogens is 581 g/mol. The number of amides is 2. The number of halogens is 2. The summed E-state index contributed by atoms with van der Waals surface area (Å²) >= 11 is 7.79. The molecule has 0 spiro atoms. The largest absolute Gasteiger partial charge is 0.478 e. The molecule has 0 aliphatic carbocycles. The molecule has 9 nitrogen and oxygen atoms in total. The van der Waals surface area contributed by atoms with E-state index in [1.54, 1.807) is 17.5 Å². The summed E-state index contributed by atoms with van der Waals surface area (Å²) in [5.41, 5.74) is 1.80. The first-order valence-corrected chi connectivity index (χ1v) is 13.6. The number of hydrogen-bond acceptors (Lipinski definition) is 8. The Labute approximate surface area is 239 Å². The van der Waals surface area contributed by atoms with Gasteiger partial charge >= 0.3 is 5.97 Å². The highest BCUT2D eigenvalue weighted by Crippen LogP contribution is 2.35. The Kier molecular flexibility index (Phi) is 7.82. The van der Waals surface area contributed by atoms with Crippen LogP contribution in [0.25, 0.3) is 22.9 Å². The molecule has 202 valence electrons. The summed E-state index contributed by atoms with van der Waals surface area (Å²) in [7, 11) is 0. The van der Waals surface area contributed by atoms with Crippen LogP contribution in [0.3, 0.4) is 0 Å². The fourth-order valence-corrected chi connectivity index (χ4v) is 6.03. The quantitative estimate of drug-likeness (QED) is 0.210. The van der Waals surface area contributed by atoms with Crippen molar-refractivity contribution in [3.63, 3.8) is 0 Å². The first-order chi connectivity index (χ1) is 19.2. The van der Waals surface area contributed by atoms with Crippen LogP contribution in [-0.4, -0.2) is 53.4 Å². The Hall–Kier alpha value is -4.27. The second-order valence-corrected chi connectivity index (χ2v) is 11.0. The number of benzene rings is 2. The zero-order valence-electron chi connectivity index (χ0n) is 20.2. The number of carboxylic acid groups (broad SMARTS) is 1. The smallest absolute Gasteiger partial charge is 0.335 e. The summed E-state index contributed by atoms with van der Waals surface area (Å²) in [5, 5.41) is 17.8. The van der Waals surface area contributed by atoms with E-state index in [2.05, 4.69) is 15.4 Å². The van der Waals surface area contributed by atoms with Crippen molar-refractivity contribution in [1.82, 2.24) is 19.7 Å². The van der Waals surface area contributed by atoms with E-state index in [4.69, 9.17) is 12.2 Å². The van der Waals surface area contributed by atoms with Crippen molar-refractivity contribution < 1.29 is 28.3 Å². The molecule has 2 amide bonds. The van der Waals surface area contributed by atoms with Crippen LogP contribution in [0.1, 0.15) is 21.7 Å². The molecule has 0 saturated carbocycles. The van der Waals surface area contributed by atoms with E-state index >= 15 is 0 Å². The van der Waals surface area contributed by atoms with Crippen LogP contribution in [0.5, 0.6) is 0 Å². The van der Waals surface area contributed by atoms with Crippen molar-refractivity contribution in [3.8, 4) is 16.8 Å². The fourth-order valence-electron chi connectivity index (χ4n) is 3.81. The van der Waals surface area contributed by atoms with Crippen LogP contribution in [0, 0.1) is 11.6 Å². The van der Waals surface area contributed by atoms with Gasteiger partial charge < -0.3 is 10.4 Å². The molecule has 0 bridgehead atoms. The number of thioether (sulfide) groups is 1. The molecule has 0 atom stereocenters. The van der Waals surface area contributed by atoms with Gasteiger partial charge in [-0.15, -0.1) is 11.3 Å². The molecule has 14 heteroatoms. The van der Waals surface area contributed by atoms with Crippen LogP contribution in [0.2, 0.25) is 0 Å². The van der Waals surface area contributed by atoms with Crippen molar-refractivity contribution in [2.24, 2.45) is 0 Å². The maximum absolute atomic E-state index is 13.6. The molecule has 4 aromatic rings. The predicted molar refractivity (Wildman–Crippen MR) is 151 cm³/mol. The van der Waals surface area contributed by atoms with Gasteiger partial charge in [0.2, 0.25) is 5.91 Å². The Morgan fingerprint density at radius 2 is 1.93 bits per heavy atom. The standard InChI is InChI=1S/C26H17F2N5O4S3/c27-18-3-1-14(8-19(18)28)16-7-17(39-11-16)10-22-24(35)32(26(38)40-22)6-5-23(34)31-20-9-15(25(36)37)2-4-21(20)33-13-29-12-30-33/h1-4,7-13H,5-6H2,(H,31,34)(H,36,37). The fraction of sp³-hybridized carbons (Fsp3) is 0.0769. The molecule has 2 aromatic carbocycles. The number of nitrogens with one attached hydrogen (secondary N) is 1. The third-order valence-electron chi connectivity index (χ3n) is 5.77. The molecule has 3 heterocycles. The molecule has 1 aliphatic heterocycles. The van der Waals surface area contributed by atoms with Crippen LogP contribution in [0.15, 0.2) is 65.4 Å². The second kappa shape index (κ2) is 11.5. The number of carbonyl (C=O) groups is 3. The highest BCUT2D eigenvalue weighted by molar-refractivity contribution is 8.26. The average Bonchev–Trinajstić information content (AvgIpc) is 3.67. The van der Waals surface area contributed by atoms with Gasteiger partial charge in [0.25, 0.3) is 5.91 Å². The highest BCUT2D eigenvalue weighted by Gasteiger charge is 2.32. The average molecular weight is 598 g/mol. The van der Waals surface area contributed by atoms with Gasteiger partial charge in [0.15, 0.2) is 11.6 Å². The summed E-state index contributed by atoms with van der Waals surface area (Å²) in [5.74, 6) is -3.86. The van der Waals surface area contributed by atoms with Crippen molar-refractivity contribution >= 4 is 69.2 Å². The molecule has 5 rings (SSSR count). The van der Waals surface area contributed by atoms with Gasteiger partial charge in [0, 0.05) is 17.8 Å². The number of nitrogens with zero attached hydrogens (tertiary/aromatic N) is 4. The number of thiophene rings is 1. The minimum atomic E-state index is -1.16. The van der Waals surface area contributed by atoms with E-state index in [0.29, 0.717) is 21.7 Å². The molecule has 0 unspecified atom stereocenters. The van der Waals surface area contributed by atoms with Gasteiger partial charge in [-0.2, -0.15) is 5.10 Å². The van der Waals surface area contributed by atoms with E-state index in [1.165, 1.54) is 57.8 Å². The SMILES string of the molecule is O=C(CCN1C(=O)C(=Cc2cc(-c3ccc(F)c(F)c3)cs2)SC1=S)Nc1cc(C(=O)O)ccc1-n1cncn1. The summed E-state index contributed by atoms with van der Waals surface area (Å²) < 4.78 is 28.5. The molecular formula is C26H17F2N5O4S3. The summed E-state index contributed by atoms with van der Waals surface area (Å²) in [6.45, 7) is 0.00959. The first kappa shape index (κ1) is 27.3. The first-order valence-electron chi connectivity index (χ1n) is 11.5. The maximum Gasteiger partial charge on any atom is 0.335 e. The van der Waals surface area contributed by atoms with Crippen molar-refractivity contribution in [2.45, 2.75) is 6.42 Å². The number of carboxylic acids is 1. The monoisotopic (exact) mass is 597 g/mol. The zero-order valence-corrected chi connectivity index (χ0v) is 22.7. The third-order valence-corrected chi connectivity index (χ3v) is 8.02. The van der Waals surface area contributed by atoms with Crippen LogP contribution in [-0.2, 0) is 9.59 Å². The Morgan fingerprint density at radius 1 is 1.10 bits per heavy atom. The summed E-state index contributed by atoms with van der Waals surface area (Å²) in [4.78, 5) is 43.5. The highest BCUT2D eigenvalue weighted by atomic mass is 32.2. The Morgan fingerprint density at radius 3 is 2.65 bits per heavy atom. The molecule has 40 heavy (non-hydrogen) atoms. The van der Waals surface area contributed by atoms with E-state index < -0.39 is 23.5 Å². The normalized spacial score (nSPS) is 14.2. The van der Waals surface area contributed by atoms with Gasteiger partial charge in [-0.1, -0.05) is 30.0 Å². The number of carbonyl (C=O) groups excluding carboxylic acids is 2. The number of thiocarbonyl (C=S) groups is 1. The molecule has 2 N–H and O–H groups in total. The van der Waals surface area contributed by atoms with Gasteiger partial charge in [0.1, 0.15) is 17.0 Å². The topological polar surface area (TPSA) is 117 Å². The Balaban J connectivity index is 1.25. The zero-order chi connectivity index (χ0) is 28.4. The molecule has 1 fully saturated rings. The van der Waals surface area contributed by atoms with Gasteiger partial charge in [-0.3, -0.25) is 14.5 Å². The second-order valence-electron chi connectivity index (χ2n) is 8.38. The Bertz CT molecular complexity index is 1690. The minimum Gasteiger partial charge on any atom is -0.478 e. The number of aromatic nitrogens is 3. The molecule has 1 saturated heterocycles. The minimum absolute atomic E-state index is 0.00959. The number of rotatable bonds is 8. The predicted octanol–water partition coefficient (Wildman–Crippen LogP) is 5.20. The lowest BCUT2D eigenvalue weighted by atomic mass is 10.1. The van der Waals surface area contributed by atoms with E-state index in [-0.39, 0.29) is 34.4 Å². The van der Waals surface area contributed by atoms with Gasteiger partial charge in [-0.05, 0) is 59.0 Å². The van der Waals surface area contributed by atoms with E-state index in [9.17, 15) is 28.3 Å². The number of anilines is 1. The summed E-state index contributed by atoms with van der Waals surface area (Å²) in [6, 6.07) is 9.60. The number of aromatic carboxylic acids is 1. The maximum atomic E-state index is 13.6. The molecule has 0 radical (unpaired) electrons. The van der Waals surface area contributed by atoms with Crippen molar-refractivity contribution in [3.05, 3.63) is 87.5 Å². The van der Waals surface area contributed by atoms with Gasteiger partial charge in [-0.25, -0.2) is 23.2 Å². The van der Waals surface area contributed by atoms with Crippen LogP contribution >= 0.6 is 35.3 Å². The van der Waals surface area contributed by atoms with E-state index in [0.717, 1.165) is 28.8 Å².